The van der Waals surface area contributed by atoms with Crippen molar-refractivity contribution in [1.82, 2.24) is 5.32 Å². The van der Waals surface area contributed by atoms with Crippen molar-refractivity contribution < 1.29 is 0 Å². The van der Waals surface area contributed by atoms with Crippen molar-refractivity contribution >= 4 is 11.8 Å². The molecular weight excluding hydrogens is 262 g/mol. The number of benzene rings is 2. The van der Waals surface area contributed by atoms with Crippen LogP contribution in [0.3, 0.4) is 0 Å². The highest BCUT2D eigenvalue weighted by molar-refractivity contribution is 7.98. The Morgan fingerprint density at radius 1 is 0.950 bits per heavy atom. The SMILES string of the molecule is CCCNC(CSC)c1ccc(-c2ccccc2)cc1. The van der Waals surface area contributed by atoms with E-state index < -0.39 is 0 Å². The summed E-state index contributed by atoms with van der Waals surface area (Å²) in [7, 11) is 0. The number of hydrogen-bond donors (Lipinski definition) is 1. The highest BCUT2D eigenvalue weighted by Crippen LogP contribution is 2.23. The zero-order valence-corrected chi connectivity index (χ0v) is 13.1. The van der Waals surface area contributed by atoms with Crippen molar-refractivity contribution in [2.24, 2.45) is 0 Å². The highest BCUT2D eigenvalue weighted by atomic mass is 32.2. The Morgan fingerprint density at radius 3 is 2.20 bits per heavy atom. The molecule has 0 aromatic heterocycles. The van der Waals surface area contributed by atoms with Gasteiger partial charge >= 0.3 is 0 Å². The molecule has 2 heteroatoms. The summed E-state index contributed by atoms with van der Waals surface area (Å²) in [5, 5.41) is 3.63. The summed E-state index contributed by atoms with van der Waals surface area (Å²) in [6.07, 6.45) is 3.34. The monoisotopic (exact) mass is 285 g/mol. The van der Waals surface area contributed by atoms with Crippen LogP contribution in [0.2, 0.25) is 0 Å². The summed E-state index contributed by atoms with van der Waals surface area (Å²) in [6.45, 7) is 3.29. The molecule has 2 aromatic rings. The van der Waals surface area contributed by atoms with Gasteiger partial charge in [-0.2, -0.15) is 11.8 Å². The summed E-state index contributed by atoms with van der Waals surface area (Å²) in [4.78, 5) is 0. The standard InChI is InChI=1S/C18H23NS/c1-3-13-19-18(14-20-2)17-11-9-16(10-12-17)15-7-5-4-6-8-15/h4-12,18-19H,3,13-14H2,1-2H3. The maximum absolute atomic E-state index is 3.63. The van der Waals surface area contributed by atoms with Crippen molar-refractivity contribution in [2.75, 3.05) is 18.6 Å². The normalized spacial score (nSPS) is 12.3. The van der Waals surface area contributed by atoms with Gasteiger partial charge in [0.05, 0.1) is 0 Å². The Morgan fingerprint density at radius 2 is 1.60 bits per heavy atom. The molecule has 0 saturated heterocycles. The Kier molecular flexibility index (Phi) is 6.16. The molecule has 1 unspecified atom stereocenters. The molecule has 20 heavy (non-hydrogen) atoms. The number of hydrogen-bond acceptors (Lipinski definition) is 2. The lowest BCUT2D eigenvalue weighted by Crippen LogP contribution is -2.23. The summed E-state index contributed by atoms with van der Waals surface area (Å²) >= 11 is 1.89. The van der Waals surface area contributed by atoms with Crippen molar-refractivity contribution in [1.29, 1.82) is 0 Å². The van der Waals surface area contributed by atoms with E-state index in [1.54, 1.807) is 0 Å². The Bertz CT molecular complexity index is 493. The van der Waals surface area contributed by atoms with Crippen LogP contribution in [0.15, 0.2) is 54.6 Å². The molecule has 1 N–H and O–H groups in total. The molecule has 0 aliphatic heterocycles. The summed E-state index contributed by atoms with van der Waals surface area (Å²) in [6, 6.07) is 20.0. The van der Waals surface area contributed by atoms with Crippen LogP contribution in [0.5, 0.6) is 0 Å². The van der Waals surface area contributed by atoms with Gasteiger partial charge in [0, 0.05) is 11.8 Å². The topological polar surface area (TPSA) is 12.0 Å². The lowest BCUT2D eigenvalue weighted by molar-refractivity contribution is 0.578. The molecule has 0 aliphatic carbocycles. The predicted octanol–water partition coefficient (Wildman–Crippen LogP) is 4.76. The minimum Gasteiger partial charge on any atom is -0.309 e. The summed E-state index contributed by atoms with van der Waals surface area (Å²) in [5.74, 6) is 1.12. The fourth-order valence-electron chi connectivity index (χ4n) is 2.30. The molecule has 0 bridgehead atoms. The Balaban J connectivity index is 2.13. The first-order valence-corrected chi connectivity index (χ1v) is 8.62. The fraction of sp³-hybridized carbons (Fsp3) is 0.333. The molecule has 0 saturated carbocycles. The molecular formula is C18H23NS. The first-order chi connectivity index (χ1) is 9.85. The van der Waals surface area contributed by atoms with Gasteiger partial charge in [0.1, 0.15) is 0 Å². The molecule has 1 atom stereocenters. The highest BCUT2D eigenvalue weighted by Gasteiger charge is 2.09. The van der Waals surface area contributed by atoms with Crippen molar-refractivity contribution in [3.05, 3.63) is 60.2 Å². The van der Waals surface area contributed by atoms with Crippen LogP contribution in [0.25, 0.3) is 11.1 Å². The molecule has 2 rings (SSSR count). The van der Waals surface area contributed by atoms with Gasteiger partial charge in [-0.15, -0.1) is 0 Å². The maximum Gasteiger partial charge on any atom is 0.0411 e. The third-order valence-corrected chi connectivity index (χ3v) is 4.06. The minimum absolute atomic E-state index is 0.453. The van der Waals surface area contributed by atoms with E-state index in [0.29, 0.717) is 6.04 Å². The molecule has 0 spiro atoms. The zero-order valence-electron chi connectivity index (χ0n) is 12.3. The molecule has 0 heterocycles. The third-order valence-electron chi connectivity index (χ3n) is 3.39. The van der Waals surface area contributed by atoms with Crippen LogP contribution >= 0.6 is 11.8 Å². The lowest BCUT2D eigenvalue weighted by Gasteiger charge is -2.18. The van der Waals surface area contributed by atoms with Gasteiger partial charge in [0.15, 0.2) is 0 Å². The second-order valence-corrected chi connectivity index (χ2v) is 5.86. The van der Waals surface area contributed by atoms with Gasteiger partial charge in [-0.05, 0) is 35.9 Å². The minimum atomic E-state index is 0.453. The Hall–Kier alpha value is -1.25. The van der Waals surface area contributed by atoms with Crippen LogP contribution in [0.1, 0.15) is 24.9 Å². The first-order valence-electron chi connectivity index (χ1n) is 7.23. The largest absolute Gasteiger partial charge is 0.309 e. The maximum atomic E-state index is 3.63. The van der Waals surface area contributed by atoms with Crippen molar-refractivity contribution in [3.63, 3.8) is 0 Å². The van der Waals surface area contributed by atoms with E-state index in [1.165, 1.54) is 23.1 Å². The van der Waals surface area contributed by atoms with Crippen LogP contribution in [0, 0.1) is 0 Å². The fourth-order valence-corrected chi connectivity index (χ4v) is 2.94. The average molecular weight is 285 g/mol. The van der Waals surface area contributed by atoms with Gasteiger partial charge in [-0.1, -0.05) is 61.5 Å². The molecule has 2 aromatic carbocycles. The van der Waals surface area contributed by atoms with E-state index in [4.69, 9.17) is 0 Å². The molecule has 0 fully saturated rings. The Labute approximate surface area is 126 Å². The molecule has 0 radical (unpaired) electrons. The van der Waals surface area contributed by atoms with Crippen LogP contribution in [0.4, 0.5) is 0 Å². The second-order valence-electron chi connectivity index (χ2n) is 4.95. The third kappa shape index (κ3) is 4.12. The summed E-state index contributed by atoms with van der Waals surface area (Å²) in [5.41, 5.74) is 3.95. The van der Waals surface area contributed by atoms with E-state index in [-0.39, 0.29) is 0 Å². The van der Waals surface area contributed by atoms with Crippen LogP contribution in [-0.2, 0) is 0 Å². The first kappa shape index (κ1) is 15.1. The van der Waals surface area contributed by atoms with Gasteiger partial charge in [0.25, 0.3) is 0 Å². The number of thioether (sulfide) groups is 1. The van der Waals surface area contributed by atoms with Gasteiger partial charge in [-0.25, -0.2) is 0 Å². The lowest BCUT2D eigenvalue weighted by atomic mass is 10.0. The van der Waals surface area contributed by atoms with Crippen LogP contribution in [-0.4, -0.2) is 18.6 Å². The van der Waals surface area contributed by atoms with E-state index in [1.807, 2.05) is 11.8 Å². The summed E-state index contributed by atoms with van der Waals surface area (Å²) < 4.78 is 0. The van der Waals surface area contributed by atoms with Crippen molar-refractivity contribution in [3.8, 4) is 11.1 Å². The van der Waals surface area contributed by atoms with Crippen LogP contribution < -0.4 is 5.32 Å². The van der Waals surface area contributed by atoms with Gasteiger partial charge in [-0.3, -0.25) is 0 Å². The molecule has 0 aliphatic rings. The van der Waals surface area contributed by atoms with Gasteiger partial charge < -0.3 is 5.32 Å². The molecule has 106 valence electrons. The number of rotatable bonds is 7. The van der Waals surface area contributed by atoms with Crippen molar-refractivity contribution in [2.45, 2.75) is 19.4 Å². The zero-order chi connectivity index (χ0) is 14.2. The average Bonchev–Trinajstić information content (AvgIpc) is 2.52. The van der Waals surface area contributed by atoms with E-state index in [0.717, 1.165) is 12.3 Å². The van der Waals surface area contributed by atoms with E-state index >= 15 is 0 Å². The van der Waals surface area contributed by atoms with E-state index in [2.05, 4.69) is 73.1 Å². The smallest absolute Gasteiger partial charge is 0.0411 e. The number of nitrogens with one attached hydrogen (secondary N) is 1. The predicted molar refractivity (Wildman–Crippen MR) is 91.3 cm³/mol. The quantitative estimate of drug-likeness (QED) is 0.787. The van der Waals surface area contributed by atoms with Gasteiger partial charge in [0.2, 0.25) is 0 Å². The van der Waals surface area contributed by atoms with E-state index in [9.17, 15) is 0 Å². The molecule has 1 nitrogen and oxygen atoms in total. The molecule has 0 amide bonds. The second kappa shape index (κ2) is 8.13.